The predicted octanol–water partition coefficient (Wildman–Crippen LogP) is 2.95. The molecule has 1 aromatic carbocycles. The maximum absolute atomic E-state index is 12.8. The smallest absolute Gasteiger partial charge is 0.368 e. The quantitative estimate of drug-likeness (QED) is 0.926. The maximum Gasteiger partial charge on any atom is 0.416 e. The Kier molecular flexibility index (Phi) is 4.37. The zero-order chi connectivity index (χ0) is 16.4. The van der Waals surface area contributed by atoms with Crippen molar-refractivity contribution in [2.45, 2.75) is 19.0 Å². The first-order valence-electron chi connectivity index (χ1n) is 7.88. The number of urea groups is 1. The summed E-state index contributed by atoms with van der Waals surface area (Å²) in [5, 5.41) is 2.92. The van der Waals surface area contributed by atoms with Gasteiger partial charge in [-0.15, -0.1) is 0 Å². The number of amides is 2. The SMILES string of the molecule is O=C(NCC1CC1)N1CCN(c2cccc(C(F)(F)F)c2)CC1. The van der Waals surface area contributed by atoms with Crippen LogP contribution in [0.5, 0.6) is 0 Å². The van der Waals surface area contributed by atoms with Gasteiger partial charge in [0.1, 0.15) is 0 Å². The summed E-state index contributed by atoms with van der Waals surface area (Å²) in [7, 11) is 0. The summed E-state index contributed by atoms with van der Waals surface area (Å²) >= 11 is 0. The van der Waals surface area contributed by atoms with Crippen molar-refractivity contribution in [2.24, 2.45) is 5.92 Å². The first-order chi connectivity index (χ1) is 10.9. The van der Waals surface area contributed by atoms with Crippen LogP contribution in [0, 0.1) is 5.92 Å². The van der Waals surface area contributed by atoms with Crippen LogP contribution in [0.4, 0.5) is 23.7 Å². The number of carbonyl (C=O) groups is 1. The van der Waals surface area contributed by atoms with Crippen LogP contribution in [0.1, 0.15) is 18.4 Å². The minimum absolute atomic E-state index is 0.0689. The number of hydrogen-bond donors (Lipinski definition) is 1. The lowest BCUT2D eigenvalue weighted by atomic mass is 10.1. The second kappa shape index (κ2) is 6.29. The van der Waals surface area contributed by atoms with E-state index in [2.05, 4.69) is 5.32 Å². The van der Waals surface area contributed by atoms with Crippen molar-refractivity contribution >= 4 is 11.7 Å². The molecule has 7 heteroatoms. The van der Waals surface area contributed by atoms with E-state index in [9.17, 15) is 18.0 Å². The fraction of sp³-hybridized carbons (Fsp3) is 0.562. The summed E-state index contributed by atoms with van der Waals surface area (Å²) in [6.07, 6.45) is -1.96. The van der Waals surface area contributed by atoms with Gasteiger partial charge < -0.3 is 15.1 Å². The molecule has 23 heavy (non-hydrogen) atoms. The number of benzene rings is 1. The van der Waals surface area contributed by atoms with Crippen LogP contribution < -0.4 is 10.2 Å². The molecule has 1 aliphatic heterocycles. The number of carbonyl (C=O) groups excluding carboxylic acids is 1. The van der Waals surface area contributed by atoms with Gasteiger partial charge in [0.2, 0.25) is 0 Å². The standard InChI is InChI=1S/C16H20F3N3O/c17-16(18,19)13-2-1-3-14(10-13)21-6-8-22(9-7-21)15(23)20-11-12-4-5-12/h1-3,10,12H,4-9,11H2,(H,20,23). The first kappa shape index (κ1) is 16.0. The number of nitrogens with zero attached hydrogens (tertiary/aromatic N) is 2. The van der Waals surface area contributed by atoms with E-state index in [1.807, 2.05) is 4.90 Å². The zero-order valence-electron chi connectivity index (χ0n) is 12.8. The predicted molar refractivity (Wildman–Crippen MR) is 81.4 cm³/mol. The number of halogens is 3. The molecule has 0 bridgehead atoms. The van der Waals surface area contributed by atoms with Crippen LogP contribution in [-0.4, -0.2) is 43.7 Å². The molecule has 1 saturated heterocycles. The van der Waals surface area contributed by atoms with E-state index < -0.39 is 11.7 Å². The number of alkyl halides is 3. The fourth-order valence-electron chi connectivity index (χ4n) is 2.71. The highest BCUT2D eigenvalue weighted by atomic mass is 19.4. The molecule has 1 aromatic rings. The Morgan fingerprint density at radius 3 is 2.48 bits per heavy atom. The van der Waals surface area contributed by atoms with E-state index >= 15 is 0 Å². The molecule has 1 aliphatic carbocycles. The number of hydrogen-bond acceptors (Lipinski definition) is 2. The topological polar surface area (TPSA) is 35.6 Å². The van der Waals surface area contributed by atoms with Crippen LogP contribution in [-0.2, 0) is 6.18 Å². The van der Waals surface area contributed by atoms with Gasteiger partial charge in [0.25, 0.3) is 0 Å². The lowest BCUT2D eigenvalue weighted by Crippen LogP contribution is -2.52. The molecule has 4 nitrogen and oxygen atoms in total. The van der Waals surface area contributed by atoms with Crippen molar-refractivity contribution in [1.82, 2.24) is 10.2 Å². The summed E-state index contributed by atoms with van der Waals surface area (Å²) in [5.74, 6) is 0.630. The number of rotatable bonds is 3. The van der Waals surface area contributed by atoms with Crippen LogP contribution >= 0.6 is 0 Å². The van der Waals surface area contributed by atoms with Crippen molar-refractivity contribution in [3.05, 3.63) is 29.8 Å². The summed E-state index contributed by atoms with van der Waals surface area (Å²) in [4.78, 5) is 15.6. The van der Waals surface area contributed by atoms with Gasteiger partial charge in [0, 0.05) is 38.4 Å². The molecule has 0 atom stereocenters. The third kappa shape index (κ3) is 4.09. The lowest BCUT2D eigenvalue weighted by Gasteiger charge is -2.36. The Morgan fingerprint density at radius 2 is 1.87 bits per heavy atom. The monoisotopic (exact) mass is 327 g/mol. The number of nitrogens with one attached hydrogen (secondary N) is 1. The molecule has 0 aromatic heterocycles. The van der Waals surface area contributed by atoms with Crippen molar-refractivity contribution in [3.8, 4) is 0 Å². The average Bonchev–Trinajstić information content (AvgIpc) is 3.36. The van der Waals surface area contributed by atoms with Gasteiger partial charge in [-0.2, -0.15) is 13.2 Å². The van der Waals surface area contributed by atoms with Gasteiger partial charge >= 0.3 is 12.2 Å². The highest BCUT2D eigenvalue weighted by Gasteiger charge is 2.31. The largest absolute Gasteiger partial charge is 0.416 e. The summed E-state index contributed by atoms with van der Waals surface area (Å²) in [5.41, 5.74) is -0.0857. The Morgan fingerprint density at radius 1 is 1.17 bits per heavy atom. The molecule has 1 saturated carbocycles. The van der Waals surface area contributed by atoms with Crippen LogP contribution in [0.15, 0.2) is 24.3 Å². The van der Waals surface area contributed by atoms with Gasteiger partial charge in [0.15, 0.2) is 0 Å². The van der Waals surface area contributed by atoms with Crippen molar-refractivity contribution < 1.29 is 18.0 Å². The minimum atomic E-state index is -4.33. The van der Waals surface area contributed by atoms with E-state index in [1.165, 1.54) is 25.0 Å². The van der Waals surface area contributed by atoms with Crippen molar-refractivity contribution in [2.75, 3.05) is 37.6 Å². The van der Waals surface area contributed by atoms with Gasteiger partial charge in [-0.1, -0.05) is 6.07 Å². The average molecular weight is 327 g/mol. The molecule has 0 radical (unpaired) electrons. The molecular formula is C16H20F3N3O. The maximum atomic E-state index is 12.8. The minimum Gasteiger partial charge on any atom is -0.368 e. The highest BCUT2D eigenvalue weighted by Crippen LogP contribution is 2.32. The Hall–Kier alpha value is -1.92. The normalized spacial score (nSPS) is 18.9. The van der Waals surface area contributed by atoms with Gasteiger partial charge in [0.05, 0.1) is 5.56 Å². The second-order valence-corrected chi connectivity index (χ2v) is 6.15. The molecule has 126 valence electrons. The summed E-state index contributed by atoms with van der Waals surface area (Å²) in [6, 6.07) is 5.28. The Balaban J connectivity index is 1.55. The molecule has 2 amide bonds. The van der Waals surface area contributed by atoms with E-state index in [0.717, 1.165) is 12.6 Å². The lowest BCUT2D eigenvalue weighted by molar-refractivity contribution is -0.137. The first-order valence-corrected chi connectivity index (χ1v) is 7.88. The van der Waals surface area contributed by atoms with Crippen LogP contribution in [0.3, 0.4) is 0 Å². The van der Waals surface area contributed by atoms with Crippen LogP contribution in [0.25, 0.3) is 0 Å². The molecule has 2 fully saturated rings. The third-order valence-corrected chi connectivity index (χ3v) is 4.34. The van der Waals surface area contributed by atoms with Crippen LogP contribution in [0.2, 0.25) is 0 Å². The molecule has 1 heterocycles. The summed E-state index contributed by atoms with van der Waals surface area (Å²) in [6.45, 7) is 2.85. The molecule has 1 N–H and O–H groups in total. The van der Waals surface area contributed by atoms with E-state index in [1.54, 1.807) is 11.0 Å². The van der Waals surface area contributed by atoms with E-state index in [4.69, 9.17) is 0 Å². The number of piperazine rings is 1. The Labute approximate surface area is 133 Å². The molecular weight excluding hydrogens is 307 g/mol. The van der Waals surface area contributed by atoms with Gasteiger partial charge in [-0.3, -0.25) is 0 Å². The molecule has 2 aliphatic rings. The zero-order valence-corrected chi connectivity index (χ0v) is 12.8. The van der Waals surface area contributed by atoms with E-state index in [0.29, 0.717) is 37.8 Å². The van der Waals surface area contributed by atoms with Gasteiger partial charge in [-0.05, 0) is 37.0 Å². The van der Waals surface area contributed by atoms with Crippen molar-refractivity contribution in [1.29, 1.82) is 0 Å². The second-order valence-electron chi connectivity index (χ2n) is 6.15. The number of anilines is 1. The molecule has 0 spiro atoms. The highest BCUT2D eigenvalue weighted by molar-refractivity contribution is 5.74. The fourth-order valence-corrected chi connectivity index (χ4v) is 2.71. The van der Waals surface area contributed by atoms with Crippen molar-refractivity contribution in [3.63, 3.8) is 0 Å². The van der Waals surface area contributed by atoms with E-state index in [-0.39, 0.29) is 6.03 Å². The third-order valence-electron chi connectivity index (χ3n) is 4.34. The van der Waals surface area contributed by atoms with Gasteiger partial charge in [-0.25, -0.2) is 4.79 Å². The Bertz CT molecular complexity index is 564. The molecule has 3 rings (SSSR count). The molecule has 0 unspecified atom stereocenters. The summed E-state index contributed by atoms with van der Waals surface area (Å²) < 4.78 is 38.3.